The molecule has 1 saturated carbocycles. The number of ether oxygens (including phenoxy) is 2. The van der Waals surface area contributed by atoms with Gasteiger partial charge in [-0.3, -0.25) is 9.79 Å². The summed E-state index contributed by atoms with van der Waals surface area (Å²) in [6.45, 7) is 5.97. The van der Waals surface area contributed by atoms with Crippen LogP contribution in [0.4, 0.5) is 0 Å². The summed E-state index contributed by atoms with van der Waals surface area (Å²) in [5.41, 5.74) is 1.25. The minimum absolute atomic E-state index is 0.00841. The van der Waals surface area contributed by atoms with Gasteiger partial charge in [0.25, 0.3) is 0 Å². The van der Waals surface area contributed by atoms with E-state index in [1.165, 1.54) is 24.8 Å². The average Bonchev–Trinajstić information content (AvgIpc) is 3.38. The second-order valence-electron chi connectivity index (χ2n) is 8.87. The molecule has 2 fully saturated rings. The van der Waals surface area contributed by atoms with Crippen LogP contribution in [0, 0.1) is 0 Å². The Morgan fingerprint density at radius 2 is 1.75 bits per heavy atom. The predicted octanol–water partition coefficient (Wildman–Crippen LogP) is 3.47. The van der Waals surface area contributed by atoms with E-state index < -0.39 is 0 Å². The van der Waals surface area contributed by atoms with Crippen LogP contribution < -0.4 is 20.1 Å². The zero-order valence-corrected chi connectivity index (χ0v) is 20.0. The molecule has 1 aliphatic carbocycles. The van der Waals surface area contributed by atoms with Gasteiger partial charge in [-0.05, 0) is 50.3 Å². The number of hydrogen-bond donors (Lipinski definition) is 2. The minimum atomic E-state index is -0.00841. The topological polar surface area (TPSA) is 75.2 Å². The van der Waals surface area contributed by atoms with Gasteiger partial charge in [0.05, 0.1) is 20.8 Å². The van der Waals surface area contributed by atoms with Crippen LogP contribution >= 0.6 is 0 Å². The average molecular weight is 445 g/mol. The number of rotatable bonds is 9. The summed E-state index contributed by atoms with van der Waals surface area (Å²) in [7, 11) is 3.35. The van der Waals surface area contributed by atoms with Crippen molar-refractivity contribution in [1.82, 2.24) is 15.5 Å². The van der Waals surface area contributed by atoms with E-state index in [4.69, 9.17) is 14.5 Å². The third-order valence-corrected chi connectivity index (χ3v) is 6.78. The van der Waals surface area contributed by atoms with Crippen molar-refractivity contribution in [2.24, 2.45) is 4.99 Å². The molecule has 7 nitrogen and oxygen atoms in total. The van der Waals surface area contributed by atoms with E-state index in [9.17, 15) is 4.79 Å². The van der Waals surface area contributed by atoms with Crippen LogP contribution in [0.2, 0.25) is 0 Å². The molecule has 32 heavy (non-hydrogen) atoms. The Balaban J connectivity index is 1.70. The van der Waals surface area contributed by atoms with Crippen LogP contribution in [0.15, 0.2) is 23.2 Å². The number of methoxy groups -OCH3 is 2. The Morgan fingerprint density at radius 3 is 2.41 bits per heavy atom. The molecular weight excluding hydrogens is 404 g/mol. The van der Waals surface area contributed by atoms with Gasteiger partial charge in [0, 0.05) is 38.0 Å². The first kappa shape index (κ1) is 24.2. The highest BCUT2D eigenvalue weighted by Crippen LogP contribution is 2.42. The number of aliphatic imine (C=N–C) groups is 1. The Hall–Kier alpha value is -2.44. The summed E-state index contributed by atoms with van der Waals surface area (Å²) in [4.78, 5) is 19.3. The summed E-state index contributed by atoms with van der Waals surface area (Å²) >= 11 is 0. The van der Waals surface area contributed by atoms with Gasteiger partial charge < -0.3 is 25.0 Å². The molecule has 1 aromatic carbocycles. The number of carbonyl (C=O) groups excluding carboxylic acids is 1. The van der Waals surface area contributed by atoms with Crippen LogP contribution in [0.5, 0.6) is 11.5 Å². The number of benzene rings is 1. The maximum absolute atomic E-state index is 12.3. The van der Waals surface area contributed by atoms with E-state index in [0.29, 0.717) is 19.5 Å². The van der Waals surface area contributed by atoms with E-state index in [-0.39, 0.29) is 11.3 Å². The highest BCUT2D eigenvalue weighted by Gasteiger charge is 2.34. The Bertz CT molecular complexity index is 768. The molecule has 0 bridgehead atoms. The van der Waals surface area contributed by atoms with Gasteiger partial charge in [-0.15, -0.1) is 0 Å². The minimum Gasteiger partial charge on any atom is -0.493 e. The van der Waals surface area contributed by atoms with E-state index in [2.05, 4.69) is 29.7 Å². The van der Waals surface area contributed by atoms with Crippen molar-refractivity contribution in [3.63, 3.8) is 0 Å². The van der Waals surface area contributed by atoms with Crippen molar-refractivity contribution in [2.45, 2.75) is 63.7 Å². The molecule has 0 unspecified atom stereocenters. The SMILES string of the molecule is CCNC(=NCC1(c2ccc(OC)c(OC)c2)CCCCC1)NCCC(=O)N1CCCC1. The molecule has 178 valence electrons. The molecule has 2 N–H and O–H groups in total. The molecule has 3 rings (SSSR count). The zero-order chi connectivity index (χ0) is 22.8. The lowest BCUT2D eigenvalue weighted by atomic mass is 9.69. The van der Waals surface area contributed by atoms with Crippen molar-refractivity contribution in [3.05, 3.63) is 23.8 Å². The van der Waals surface area contributed by atoms with Gasteiger partial charge >= 0.3 is 0 Å². The predicted molar refractivity (Wildman–Crippen MR) is 129 cm³/mol. The highest BCUT2D eigenvalue weighted by molar-refractivity contribution is 5.81. The quantitative estimate of drug-likeness (QED) is 0.451. The van der Waals surface area contributed by atoms with Gasteiger partial charge in [0.2, 0.25) is 5.91 Å². The van der Waals surface area contributed by atoms with Crippen molar-refractivity contribution >= 4 is 11.9 Å². The number of hydrogen-bond acceptors (Lipinski definition) is 4. The smallest absolute Gasteiger partial charge is 0.224 e. The Morgan fingerprint density at radius 1 is 1.03 bits per heavy atom. The fourth-order valence-electron chi connectivity index (χ4n) is 4.92. The van der Waals surface area contributed by atoms with Crippen molar-refractivity contribution in [2.75, 3.05) is 46.9 Å². The lowest BCUT2D eigenvalue weighted by Crippen LogP contribution is -2.41. The second-order valence-corrected chi connectivity index (χ2v) is 8.87. The van der Waals surface area contributed by atoms with Gasteiger partial charge in [0.15, 0.2) is 17.5 Å². The lowest BCUT2D eigenvalue weighted by Gasteiger charge is -2.37. The first-order valence-electron chi connectivity index (χ1n) is 12.1. The van der Waals surface area contributed by atoms with Crippen molar-refractivity contribution in [3.8, 4) is 11.5 Å². The number of nitrogens with one attached hydrogen (secondary N) is 2. The number of nitrogens with zero attached hydrogens (tertiary/aromatic N) is 2. The number of likely N-dealkylation sites (tertiary alicyclic amines) is 1. The standard InChI is InChI=1S/C25H40N4O3/c1-4-26-24(27-15-12-23(30)29-16-8-9-17-29)28-19-25(13-6-5-7-14-25)20-10-11-21(31-2)22(18-20)32-3/h10-11,18H,4-9,12-17,19H2,1-3H3,(H2,26,27,28). The summed E-state index contributed by atoms with van der Waals surface area (Å²) in [5, 5.41) is 6.72. The van der Waals surface area contributed by atoms with E-state index in [0.717, 1.165) is 62.8 Å². The van der Waals surface area contributed by atoms with Crippen LogP contribution in [-0.4, -0.2) is 63.7 Å². The molecule has 1 amide bonds. The molecule has 1 aliphatic heterocycles. The molecule has 2 aliphatic rings. The number of amides is 1. The molecular formula is C25H40N4O3. The maximum Gasteiger partial charge on any atom is 0.224 e. The Labute approximate surface area is 192 Å². The molecule has 1 saturated heterocycles. The largest absolute Gasteiger partial charge is 0.493 e. The van der Waals surface area contributed by atoms with Crippen LogP contribution in [0.3, 0.4) is 0 Å². The third kappa shape index (κ3) is 6.08. The normalized spacial score (nSPS) is 18.3. The number of carbonyl (C=O) groups is 1. The summed E-state index contributed by atoms with van der Waals surface area (Å²) < 4.78 is 11.0. The first-order chi connectivity index (χ1) is 15.6. The fraction of sp³-hybridized carbons (Fsp3) is 0.680. The van der Waals surface area contributed by atoms with Gasteiger partial charge in [-0.2, -0.15) is 0 Å². The number of guanidine groups is 1. The molecule has 0 radical (unpaired) electrons. The maximum atomic E-state index is 12.3. The summed E-state index contributed by atoms with van der Waals surface area (Å²) in [6.07, 6.45) is 8.66. The Kier molecular flexibility index (Phi) is 9.06. The highest BCUT2D eigenvalue weighted by atomic mass is 16.5. The van der Waals surface area contributed by atoms with E-state index in [1.807, 2.05) is 11.0 Å². The second kappa shape index (κ2) is 12.0. The van der Waals surface area contributed by atoms with Crippen molar-refractivity contribution in [1.29, 1.82) is 0 Å². The van der Waals surface area contributed by atoms with Gasteiger partial charge in [0.1, 0.15) is 0 Å². The molecule has 0 atom stereocenters. The third-order valence-electron chi connectivity index (χ3n) is 6.78. The van der Waals surface area contributed by atoms with Crippen LogP contribution in [-0.2, 0) is 10.2 Å². The first-order valence-corrected chi connectivity index (χ1v) is 12.1. The monoisotopic (exact) mass is 444 g/mol. The zero-order valence-electron chi connectivity index (χ0n) is 20.0. The summed E-state index contributed by atoms with van der Waals surface area (Å²) in [5.74, 6) is 2.54. The molecule has 1 heterocycles. The molecule has 7 heteroatoms. The molecule has 0 spiro atoms. The van der Waals surface area contributed by atoms with Gasteiger partial charge in [-0.25, -0.2) is 0 Å². The van der Waals surface area contributed by atoms with Gasteiger partial charge in [-0.1, -0.05) is 25.3 Å². The van der Waals surface area contributed by atoms with Crippen molar-refractivity contribution < 1.29 is 14.3 Å². The van der Waals surface area contributed by atoms with E-state index >= 15 is 0 Å². The van der Waals surface area contributed by atoms with E-state index in [1.54, 1.807) is 14.2 Å². The fourth-order valence-corrected chi connectivity index (χ4v) is 4.92. The molecule has 1 aromatic rings. The van der Waals surface area contributed by atoms with Crippen LogP contribution in [0.25, 0.3) is 0 Å². The summed E-state index contributed by atoms with van der Waals surface area (Å²) in [6, 6.07) is 6.29. The molecule has 0 aromatic heterocycles. The lowest BCUT2D eigenvalue weighted by molar-refractivity contribution is -0.129. The van der Waals surface area contributed by atoms with Crippen LogP contribution in [0.1, 0.15) is 63.9 Å².